The second kappa shape index (κ2) is 8.71. The van der Waals surface area contributed by atoms with E-state index in [2.05, 4.69) is 15.7 Å². The molecule has 8 heteroatoms. The lowest BCUT2D eigenvalue weighted by Gasteiger charge is -2.09. The predicted octanol–water partition coefficient (Wildman–Crippen LogP) is 2.78. The van der Waals surface area contributed by atoms with Gasteiger partial charge in [0.05, 0.1) is 11.4 Å². The molecule has 3 aromatic rings. The average Bonchev–Trinajstić information content (AvgIpc) is 3.16. The van der Waals surface area contributed by atoms with Crippen LogP contribution in [-0.2, 0) is 22.0 Å². The van der Waals surface area contributed by atoms with Gasteiger partial charge in [-0.2, -0.15) is 5.10 Å². The van der Waals surface area contributed by atoms with E-state index in [-0.39, 0.29) is 11.8 Å². The maximum Gasteiger partial charge on any atom is 0.319 e. The van der Waals surface area contributed by atoms with Crippen LogP contribution in [0.3, 0.4) is 0 Å². The number of sulfone groups is 1. The van der Waals surface area contributed by atoms with E-state index >= 15 is 0 Å². The van der Waals surface area contributed by atoms with Crippen molar-refractivity contribution in [1.82, 2.24) is 15.1 Å². The zero-order valence-corrected chi connectivity index (χ0v) is 16.3. The third-order valence-electron chi connectivity index (χ3n) is 4.02. The Morgan fingerprint density at radius 1 is 1.07 bits per heavy atom. The van der Waals surface area contributed by atoms with Gasteiger partial charge in [0.2, 0.25) is 0 Å². The molecule has 0 aliphatic rings. The third kappa shape index (κ3) is 5.95. The van der Waals surface area contributed by atoms with Crippen molar-refractivity contribution in [1.29, 1.82) is 0 Å². The van der Waals surface area contributed by atoms with E-state index in [0.717, 1.165) is 11.3 Å². The lowest BCUT2D eigenvalue weighted by atomic mass is 10.1. The van der Waals surface area contributed by atoms with E-state index in [9.17, 15) is 13.2 Å². The molecule has 0 spiro atoms. The molecule has 0 radical (unpaired) electrons. The van der Waals surface area contributed by atoms with Crippen molar-refractivity contribution >= 4 is 21.6 Å². The van der Waals surface area contributed by atoms with Crippen molar-refractivity contribution in [2.24, 2.45) is 0 Å². The van der Waals surface area contributed by atoms with Crippen molar-refractivity contribution in [2.75, 3.05) is 18.1 Å². The summed E-state index contributed by atoms with van der Waals surface area (Å²) in [5.74, 6) is -0.0569. The first kappa shape index (κ1) is 19.6. The van der Waals surface area contributed by atoms with E-state index < -0.39 is 9.84 Å². The van der Waals surface area contributed by atoms with Gasteiger partial charge in [0.15, 0.2) is 9.84 Å². The molecule has 1 aromatic heterocycles. The Morgan fingerprint density at radius 2 is 1.86 bits per heavy atom. The monoisotopic (exact) mass is 398 g/mol. The van der Waals surface area contributed by atoms with E-state index in [1.807, 2.05) is 36.5 Å². The zero-order valence-electron chi connectivity index (χ0n) is 15.5. The van der Waals surface area contributed by atoms with Gasteiger partial charge in [-0.3, -0.25) is 0 Å². The van der Waals surface area contributed by atoms with Gasteiger partial charge in [0.1, 0.15) is 0 Å². The molecule has 1 heterocycles. The Morgan fingerprint density at radius 3 is 2.54 bits per heavy atom. The predicted molar refractivity (Wildman–Crippen MR) is 109 cm³/mol. The van der Waals surface area contributed by atoms with Crippen molar-refractivity contribution in [3.8, 4) is 5.69 Å². The number of rotatable bonds is 7. The summed E-state index contributed by atoms with van der Waals surface area (Å²) in [6.45, 7) is 0.482. The first-order valence-corrected chi connectivity index (χ1v) is 10.9. The van der Waals surface area contributed by atoms with Crippen molar-refractivity contribution in [2.45, 2.75) is 12.2 Å². The molecule has 0 fully saturated rings. The Balaban J connectivity index is 1.47. The molecule has 0 unspecified atom stereocenters. The van der Waals surface area contributed by atoms with Gasteiger partial charge in [-0.1, -0.05) is 24.3 Å². The van der Waals surface area contributed by atoms with Crippen LogP contribution in [0.4, 0.5) is 10.5 Å². The lowest BCUT2D eigenvalue weighted by Crippen LogP contribution is -2.30. The number of carbonyl (C=O) groups is 1. The third-order valence-corrected chi connectivity index (χ3v) is 4.88. The number of anilines is 1. The summed E-state index contributed by atoms with van der Waals surface area (Å²) < 4.78 is 24.6. The summed E-state index contributed by atoms with van der Waals surface area (Å²) in [5, 5.41) is 9.71. The van der Waals surface area contributed by atoms with Crippen LogP contribution in [0.2, 0.25) is 0 Å². The second-order valence-corrected chi connectivity index (χ2v) is 8.66. The zero-order chi connectivity index (χ0) is 20.0. The van der Waals surface area contributed by atoms with Gasteiger partial charge in [-0.25, -0.2) is 17.9 Å². The molecule has 28 heavy (non-hydrogen) atoms. The molecule has 7 nitrogen and oxygen atoms in total. The Bertz CT molecular complexity index is 1030. The minimum atomic E-state index is -3.12. The van der Waals surface area contributed by atoms with Crippen LogP contribution in [0.1, 0.15) is 11.1 Å². The lowest BCUT2D eigenvalue weighted by molar-refractivity contribution is 0.252. The highest BCUT2D eigenvalue weighted by atomic mass is 32.2. The quantitative estimate of drug-likeness (QED) is 0.640. The molecule has 0 bridgehead atoms. The normalized spacial score (nSPS) is 11.2. The molecule has 3 rings (SSSR count). The van der Waals surface area contributed by atoms with Gasteiger partial charge < -0.3 is 10.6 Å². The van der Waals surface area contributed by atoms with Crippen molar-refractivity contribution in [3.63, 3.8) is 0 Å². The van der Waals surface area contributed by atoms with Gasteiger partial charge >= 0.3 is 6.03 Å². The Labute approximate surface area is 164 Å². The van der Waals surface area contributed by atoms with Gasteiger partial charge in [-0.05, 0) is 47.9 Å². The molecular weight excluding hydrogens is 376 g/mol. The number of hydrogen-bond donors (Lipinski definition) is 2. The number of nitrogens with zero attached hydrogens (tertiary/aromatic N) is 2. The fourth-order valence-electron chi connectivity index (χ4n) is 2.77. The molecule has 2 amide bonds. The molecule has 0 atom stereocenters. The number of benzene rings is 2. The van der Waals surface area contributed by atoms with Gasteiger partial charge in [0, 0.05) is 30.9 Å². The average molecular weight is 398 g/mol. The fourth-order valence-corrected chi connectivity index (χ4v) is 3.56. The van der Waals surface area contributed by atoms with E-state index in [4.69, 9.17) is 0 Å². The number of aromatic nitrogens is 2. The number of carbonyl (C=O) groups excluding carboxylic acids is 1. The summed E-state index contributed by atoms with van der Waals surface area (Å²) in [7, 11) is -3.12. The van der Waals surface area contributed by atoms with Crippen LogP contribution in [-0.4, -0.2) is 37.0 Å². The molecule has 2 aromatic carbocycles. The first-order valence-electron chi connectivity index (χ1n) is 8.79. The molecule has 0 aliphatic heterocycles. The molecule has 0 aliphatic carbocycles. The highest BCUT2D eigenvalue weighted by molar-refractivity contribution is 7.89. The van der Waals surface area contributed by atoms with Crippen LogP contribution < -0.4 is 10.6 Å². The number of urea groups is 1. The van der Waals surface area contributed by atoms with Crippen LogP contribution >= 0.6 is 0 Å². The van der Waals surface area contributed by atoms with E-state index in [1.165, 1.54) is 6.26 Å². The van der Waals surface area contributed by atoms with Crippen LogP contribution in [0, 0.1) is 0 Å². The van der Waals surface area contributed by atoms with Gasteiger partial charge in [0.25, 0.3) is 0 Å². The highest BCUT2D eigenvalue weighted by Crippen LogP contribution is 2.13. The SMILES string of the molecule is CS(=O)(=O)Cc1cccc(NC(=O)NCCc2ccc(-n3cccn3)cc2)c1. The van der Waals surface area contributed by atoms with Crippen LogP contribution in [0.25, 0.3) is 5.69 Å². The summed E-state index contributed by atoms with van der Waals surface area (Å²) in [5.41, 5.74) is 3.28. The highest BCUT2D eigenvalue weighted by Gasteiger charge is 2.07. The second-order valence-electron chi connectivity index (χ2n) is 6.52. The number of nitrogens with one attached hydrogen (secondary N) is 2. The molecule has 0 saturated heterocycles. The molecule has 0 saturated carbocycles. The maximum absolute atomic E-state index is 12.1. The van der Waals surface area contributed by atoms with Crippen LogP contribution in [0.15, 0.2) is 67.0 Å². The first-order chi connectivity index (χ1) is 13.4. The van der Waals surface area contributed by atoms with E-state index in [0.29, 0.717) is 24.2 Å². The molecule has 146 valence electrons. The summed E-state index contributed by atoms with van der Waals surface area (Å²) in [6.07, 6.45) is 5.49. The van der Waals surface area contributed by atoms with E-state index in [1.54, 1.807) is 35.1 Å². The Hall–Kier alpha value is -3.13. The largest absolute Gasteiger partial charge is 0.338 e. The van der Waals surface area contributed by atoms with Crippen molar-refractivity contribution < 1.29 is 13.2 Å². The summed E-state index contributed by atoms with van der Waals surface area (Å²) in [4.78, 5) is 12.1. The number of hydrogen-bond acceptors (Lipinski definition) is 4. The van der Waals surface area contributed by atoms with Gasteiger partial charge in [-0.15, -0.1) is 0 Å². The summed E-state index contributed by atoms with van der Waals surface area (Å²) >= 11 is 0. The van der Waals surface area contributed by atoms with Crippen molar-refractivity contribution in [3.05, 3.63) is 78.1 Å². The minimum absolute atomic E-state index is 0.0569. The standard InChI is InChI=1S/C20H22N4O3S/c1-28(26,27)15-17-4-2-5-18(14-17)23-20(25)21-12-10-16-6-8-19(9-7-16)24-13-3-11-22-24/h2-9,11,13-14H,10,12,15H2,1H3,(H2,21,23,25). The van der Waals surface area contributed by atoms with Crippen LogP contribution in [0.5, 0.6) is 0 Å². The molecule has 2 N–H and O–H groups in total. The molecular formula is C20H22N4O3S. The Kier molecular flexibility index (Phi) is 6.10. The minimum Gasteiger partial charge on any atom is -0.338 e. The smallest absolute Gasteiger partial charge is 0.319 e. The number of amides is 2. The maximum atomic E-state index is 12.1. The summed E-state index contributed by atoms with van der Waals surface area (Å²) in [6, 6.07) is 16.3. The topological polar surface area (TPSA) is 93.1 Å². The fraction of sp³-hybridized carbons (Fsp3) is 0.200.